The summed E-state index contributed by atoms with van der Waals surface area (Å²) < 4.78 is 6.81. The van der Waals surface area contributed by atoms with Crippen LogP contribution in [0.5, 0.6) is 0 Å². The molecule has 1 heterocycles. The number of carbonyl (C=O) groups is 3. The van der Waals surface area contributed by atoms with Crippen molar-refractivity contribution < 1.29 is 19.1 Å². The lowest BCUT2D eigenvalue weighted by molar-refractivity contribution is -0.123. The molecule has 132 valence electrons. The SMILES string of the molecule is CC(C)(C)NC(=O)NC(=O)COC(=O)c1ccc(-n2cccc2)cc1. The van der Waals surface area contributed by atoms with E-state index < -0.39 is 30.1 Å². The summed E-state index contributed by atoms with van der Waals surface area (Å²) in [6, 6.07) is 9.93. The lowest BCUT2D eigenvalue weighted by atomic mass is 10.1. The van der Waals surface area contributed by atoms with Gasteiger partial charge in [0.05, 0.1) is 5.56 Å². The van der Waals surface area contributed by atoms with Crippen LogP contribution in [0, 0.1) is 0 Å². The molecule has 0 spiro atoms. The van der Waals surface area contributed by atoms with E-state index in [2.05, 4.69) is 10.6 Å². The molecule has 0 saturated heterocycles. The molecular weight excluding hydrogens is 322 g/mol. The third kappa shape index (κ3) is 5.80. The molecule has 7 heteroatoms. The molecule has 2 N–H and O–H groups in total. The summed E-state index contributed by atoms with van der Waals surface area (Å²) in [6.07, 6.45) is 3.78. The van der Waals surface area contributed by atoms with Crippen LogP contribution in [0.4, 0.5) is 4.79 Å². The summed E-state index contributed by atoms with van der Waals surface area (Å²) in [6.45, 7) is 4.83. The van der Waals surface area contributed by atoms with Crippen molar-refractivity contribution in [1.29, 1.82) is 0 Å². The van der Waals surface area contributed by atoms with E-state index in [1.165, 1.54) is 0 Å². The van der Waals surface area contributed by atoms with Gasteiger partial charge in [0.2, 0.25) is 0 Å². The van der Waals surface area contributed by atoms with Gasteiger partial charge in [-0.25, -0.2) is 9.59 Å². The predicted molar refractivity (Wildman–Crippen MR) is 92.5 cm³/mol. The number of hydrogen-bond donors (Lipinski definition) is 2. The summed E-state index contributed by atoms with van der Waals surface area (Å²) in [5.74, 6) is -1.33. The van der Waals surface area contributed by atoms with Crippen molar-refractivity contribution in [2.24, 2.45) is 0 Å². The van der Waals surface area contributed by atoms with Crippen molar-refractivity contribution in [3.05, 3.63) is 54.4 Å². The quantitative estimate of drug-likeness (QED) is 0.833. The molecule has 1 aromatic heterocycles. The molecule has 0 saturated carbocycles. The van der Waals surface area contributed by atoms with Gasteiger partial charge in [0.25, 0.3) is 5.91 Å². The fourth-order valence-corrected chi connectivity index (χ4v) is 2.03. The van der Waals surface area contributed by atoms with Crippen LogP contribution in [0.3, 0.4) is 0 Å². The summed E-state index contributed by atoms with van der Waals surface area (Å²) in [7, 11) is 0. The Morgan fingerprint density at radius 2 is 1.64 bits per heavy atom. The highest BCUT2D eigenvalue weighted by atomic mass is 16.5. The molecule has 25 heavy (non-hydrogen) atoms. The highest BCUT2D eigenvalue weighted by Gasteiger charge is 2.17. The van der Waals surface area contributed by atoms with Crippen molar-refractivity contribution in [2.75, 3.05) is 6.61 Å². The van der Waals surface area contributed by atoms with Crippen LogP contribution in [-0.4, -0.2) is 34.6 Å². The van der Waals surface area contributed by atoms with Gasteiger partial charge in [-0.05, 0) is 57.2 Å². The molecule has 0 radical (unpaired) electrons. The molecule has 0 atom stereocenters. The Hall–Kier alpha value is -3.09. The Labute approximate surface area is 146 Å². The largest absolute Gasteiger partial charge is 0.452 e. The standard InChI is InChI=1S/C18H21N3O4/c1-18(2,3)20-17(24)19-15(22)12-25-16(23)13-6-8-14(9-7-13)21-10-4-5-11-21/h4-11H,12H2,1-3H3,(H2,19,20,22,24). The minimum Gasteiger partial charge on any atom is -0.452 e. The van der Waals surface area contributed by atoms with Gasteiger partial charge in [0, 0.05) is 23.6 Å². The van der Waals surface area contributed by atoms with Crippen molar-refractivity contribution in [2.45, 2.75) is 26.3 Å². The van der Waals surface area contributed by atoms with Gasteiger partial charge >= 0.3 is 12.0 Å². The fraction of sp³-hybridized carbons (Fsp3) is 0.278. The zero-order chi connectivity index (χ0) is 18.4. The zero-order valence-corrected chi connectivity index (χ0v) is 14.4. The maximum atomic E-state index is 12.0. The van der Waals surface area contributed by atoms with Gasteiger partial charge < -0.3 is 14.6 Å². The van der Waals surface area contributed by atoms with Gasteiger partial charge in [0.15, 0.2) is 6.61 Å². The number of amides is 3. The van der Waals surface area contributed by atoms with Crippen molar-refractivity contribution in [3.8, 4) is 5.69 Å². The van der Waals surface area contributed by atoms with Crippen LogP contribution in [-0.2, 0) is 9.53 Å². The Balaban J connectivity index is 1.83. The van der Waals surface area contributed by atoms with Gasteiger partial charge in [-0.2, -0.15) is 0 Å². The van der Waals surface area contributed by atoms with Gasteiger partial charge in [-0.3, -0.25) is 10.1 Å². The van der Waals surface area contributed by atoms with Gasteiger partial charge in [-0.15, -0.1) is 0 Å². The first kappa shape index (κ1) is 18.3. The van der Waals surface area contributed by atoms with E-state index in [1.807, 2.05) is 29.1 Å². The Kier molecular flexibility index (Phi) is 5.59. The van der Waals surface area contributed by atoms with Crippen LogP contribution < -0.4 is 10.6 Å². The highest BCUT2D eigenvalue weighted by Crippen LogP contribution is 2.10. The Bertz CT molecular complexity index is 744. The number of imide groups is 1. The van der Waals surface area contributed by atoms with E-state index in [0.717, 1.165) is 5.69 Å². The second-order valence-corrected chi connectivity index (χ2v) is 6.47. The number of rotatable bonds is 4. The fourth-order valence-electron chi connectivity index (χ4n) is 2.03. The number of ether oxygens (including phenoxy) is 1. The maximum Gasteiger partial charge on any atom is 0.338 e. The molecular formula is C18H21N3O4. The number of nitrogens with zero attached hydrogens (tertiary/aromatic N) is 1. The summed E-state index contributed by atoms with van der Waals surface area (Å²) in [4.78, 5) is 35.1. The number of carbonyl (C=O) groups excluding carboxylic acids is 3. The van der Waals surface area contributed by atoms with Crippen molar-refractivity contribution in [3.63, 3.8) is 0 Å². The molecule has 0 aliphatic rings. The summed E-state index contributed by atoms with van der Waals surface area (Å²) in [5.41, 5.74) is 0.753. The summed E-state index contributed by atoms with van der Waals surface area (Å²) in [5, 5.41) is 4.68. The molecule has 0 unspecified atom stereocenters. The molecule has 3 amide bonds. The second kappa shape index (κ2) is 7.65. The lowest BCUT2D eigenvalue weighted by Gasteiger charge is -2.20. The van der Waals surface area contributed by atoms with Crippen LogP contribution in [0.15, 0.2) is 48.8 Å². The Morgan fingerprint density at radius 3 is 2.20 bits per heavy atom. The molecule has 0 fully saturated rings. The Morgan fingerprint density at radius 1 is 1.04 bits per heavy atom. The lowest BCUT2D eigenvalue weighted by Crippen LogP contribution is -2.49. The van der Waals surface area contributed by atoms with Crippen LogP contribution in [0.25, 0.3) is 5.69 Å². The van der Waals surface area contributed by atoms with Gasteiger partial charge in [0.1, 0.15) is 0 Å². The van der Waals surface area contributed by atoms with E-state index in [0.29, 0.717) is 5.56 Å². The zero-order valence-electron chi connectivity index (χ0n) is 14.4. The first-order valence-electron chi connectivity index (χ1n) is 7.77. The normalized spacial score (nSPS) is 10.8. The molecule has 0 bridgehead atoms. The maximum absolute atomic E-state index is 12.0. The molecule has 0 aliphatic carbocycles. The van der Waals surface area contributed by atoms with Crippen molar-refractivity contribution >= 4 is 17.9 Å². The number of nitrogens with one attached hydrogen (secondary N) is 2. The highest BCUT2D eigenvalue weighted by molar-refractivity contribution is 5.97. The second-order valence-electron chi connectivity index (χ2n) is 6.47. The first-order valence-corrected chi connectivity index (χ1v) is 7.77. The average molecular weight is 343 g/mol. The van der Waals surface area contributed by atoms with Gasteiger partial charge in [-0.1, -0.05) is 0 Å². The molecule has 1 aromatic carbocycles. The minimum atomic E-state index is -0.695. The van der Waals surface area contributed by atoms with E-state index in [1.54, 1.807) is 45.0 Å². The third-order valence-electron chi connectivity index (χ3n) is 3.08. The van der Waals surface area contributed by atoms with E-state index in [-0.39, 0.29) is 0 Å². The first-order chi connectivity index (χ1) is 11.7. The van der Waals surface area contributed by atoms with E-state index in [4.69, 9.17) is 4.74 Å². The number of esters is 1. The monoisotopic (exact) mass is 343 g/mol. The average Bonchev–Trinajstić information content (AvgIpc) is 3.05. The third-order valence-corrected chi connectivity index (χ3v) is 3.08. The molecule has 2 aromatic rings. The van der Waals surface area contributed by atoms with Crippen molar-refractivity contribution in [1.82, 2.24) is 15.2 Å². The number of hydrogen-bond acceptors (Lipinski definition) is 4. The topological polar surface area (TPSA) is 89.4 Å². The number of benzene rings is 1. The summed E-state index contributed by atoms with van der Waals surface area (Å²) >= 11 is 0. The molecule has 0 aliphatic heterocycles. The molecule has 2 rings (SSSR count). The van der Waals surface area contributed by atoms with Crippen LogP contribution in [0.2, 0.25) is 0 Å². The van der Waals surface area contributed by atoms with Crippen LogP contribution >= 0.6 is 0 Å². The number of aromatic nitrogens is 1. The van der Waals surface area contributed by atoms with E-state index >= 15 is 0 Å². The smallest absolute Gasteiger partial charge is 0.338 e. The van der Waals surface area contributed by atoms with Crippen LogP contribution in [0.1, 0.15) is 31.1 Å². The minimum absolute atomic E-state index is 0.322. The van der Waals surface area contributed by atoms with E-state index in [9.17, 15) is 14.4 Å². The molecule has 7 nitrogen and oxygen atoms in total. The number of urea groups is 1. The predicted octanol–water partition coefficient (Wildman–Crippen LogP) is 2.26.